The maximum absolute atomic E-state index is 12.5. The van der Waals surface area contributed by atoms with E-state index in [-0.39, 0.29) is 17.9 Å². The number of ether oxygens (including phenoxy) is 1. The fourth-order valence-corrected chi connectivity index (χ4v) is 2.72. The molecule has 0 bridgehead atoms. The summed E-state index contributed by atoms with van der Waals surface area (Å²) in [5, 5.41) is 5.78. The van der Waals surface area contributed by atoms with E-state index in [2.05, 4.69) is 30.5 Å². The molecule has 0 aliphatic rings. The zero-order valence-corrected chi connectivity index (χ0v) is 17.3. The van der Waals surface area contributed by atoms with Crippen LogP contribution in [0, 0.1) is 0 Å². The van der Waals surface area contributed by atoms with E-state index in [4.69, 9.17) is 4.74 Å². The lowest BCUT2D eigenvalue weighted by Crippen LogP contribution is -2.37. The number of hydrogen-bond acceptors (Lipinski definition) is 3. The molecule has 5 nitrogen and oxygen atoms in total. The van der Waals surface area contributed by atoms with Crippen molar-refractivity contribution in [1.29, 1.82) is 0 Å². The Kier molecular flexibility index (Phi) is 7.61. The van der Waals surface area contributed by atoms with Gasteiger partial charge in [0.25, 0.3) is 5.91 Å². The average molecular weight is 383 g/mol. The molecule has 2 aromatic rings. The zero-order chi connectivity index (χ0) is 20.7. The fourth-order valence-electron chi connectivity index (χ4n) is 2.72. The third kappa shape index (κ3) is 6.12. The molecule has 0 aromatic heterocycles. The molecule has 0 saturated heterocycles. The molecule has 150 valence electrons. The normalized spacial score (nSPS) is 12.9. The molecule has 2 N–H and O–H groups in total. The number of nitrogens with one attached hydrogen (secondary N) is 2. The van der Waals surface area contributed by atoms with Crippen molar-refractivity contribution >= 4 is 17.5 Å². The summed E-state index contributed by atoms with van der Waals surface area (Å²) in [6.07, 6.45) is -0.167. The highest BCUT2D eigenvalue weighted by molar-refractivity contribution is 5.90. The number of carbonyl (C=O) groups excluding carboxylic acids is 2. The summed E-state index contributed by atoms with van der Waals surface area (Å²) in [6.45, 7) is 9.71. The highest BCUT2D eigenvalue weighted by Gasteiger charge is 2.18. The minimum Gasteiger partial charge on any atom is -0.481 e. The van der Waals surface area contributed by atoms with Crippen LogP contribution in [0.15, 0.2) is 48.5 Å². The van der Waals surface area contributed by atoms with Crippen molar-refractivity contribution in [2.75, 3.05) is 5.32 Å². The molecule has 2 amide bonds. The van der Waals surface area contributed by atoms with Crippen LogP contribution in [-0.2, 0) is 9.59 Å². The van der Waals surface area contributed by atoms with Gasteiger partial charge < -0.3 is 15.4 Å². The number of rotatable bonds is 8. The maximum Gasteiger partial charge on any atom is 0.261 e. The summed E-state index contributed by atoms with van der Waals surface area (Å²) in [6, 6.07) is 15.1. The number of anilines is 1. The second-order valence-corrected chi connectivity index (χ2v) is 7.24. The summed E-state index contributed by atoms with van der Waals surface area (Å²) in [5.74, 6) is 0.891. The predicted molar refractivity (Wildman–Crippen MR) is 113 cm³/mol. The first kappa shape index (κ1) is 21.5. The molecule has 2 rings (SSSR count). The summed E-state index contributed by atoms with van der Waals surface area (Å²) in [4.78, 5) is 24.0. The molecule has 2 aromatic carbocycles. The molecule has 2 atom stereocenters. The lowest BCUT2D eigenvalue weighted by molar-refractivity contribution is -0.128. The predicted octanol–water partition coefficient (Wildman–Crippen LogP) is 4.80. The van der Waals surface area contributed by atoms with Crippen molar-refractivity contribution in [2.45, 2.75) is 59.1 Å². The Morgan fingerprint density at radius 2 is 1.64 bits per heavy atom. The van der Waals surface area contributed by atoms with Gasteiger partial charge in [-0.2, -0.15) is 0 Å². The minimum atomic E-state index is -0.604. The van der Waals surface area contributed by atoms with Gasteiger partial charge in [0.15, 0.2) is 6.10 Å². The topological polar surface area (TPSA) is 67.4 Å². The van der Waals surface area contributed by atoms with Crippen molar-refractivity contribution in [3.63, 3.8) is 0 Å². The quantitative estimate of drug-likeness (QED) is 0.689. The lowest BCUT2D eigenvalue weighted by atomic mass is 10.0. The third-order valence-electron chi connectivity index (χ3n) is 4.58. The summed E-state index contributed by atoms with van der Waals surface area (Å²) < 4.78 is 5.82. The molecule has 0 aliphatic heterocycles. The first-order valence-electron chi connectivity index (χ1n) is 9.77. The number of hydrogen-bond donors (Lipinski definition) is 2. The molecule has 2 unspecified atom stereocenters. The van der Waals surface area contributed by atoms with Crippen molar-refractivity contribution in [3.8, 4) is 5.75 Å². The van der Waals surface area contributed by atoms with Gasteiger partial charge >= 0.3 is 0 Å². The molecular weight excluding hydrogens is 352 g/mol. The van der Waals surface area contributed by atoms with Crippen LogP contribution in [0.5, 0.6) is 5.75 Å². The fraction of sp³-hybridized carbons (Fsp3) is 0.391. The molecule has 0 radical (unpaired) electrons. The smallest absolute Gasteiger partial charge is 0.261 e. The second-order valence-electron chi connectivity index (χ2n) is 7.24. The highest BCUT2D eigenvalue weighted by atomic mass is 16.5. The Bertz CT molecular complexity index is 800. The molecular formula is C23H30N2O3. The molecule has 0 fully saturated rings. The molecule has 0 saturated carbocycles. The van der Waals surface area contributed by atoms with Gasteiger partial charge in [-0.25, -0.2) is 0 Å². The summed E-state index contributed by atoms with van der Waals surface area (Å²) in [5.41, 5.74) is 2.88. The standard InChI is InChI=1S/C23H30N2O3/c1-6-22(26)25-20-12-10-18(11-13-20)16(4)24-23(27)17(5)28-21-9-7-8-19(14-21)15(2)3/h7-17H,6H2,1-5H3,(H,24,27)(H,25,26). The van der Waals surface area contributed by atoms with Crippen molar-refractivity contribution in [1.82, 2.24) is 5.32 Å². The largest absolute Gasteiger partial charge is 0.481 e. The number of benzene rings is 2. The van der Waals surface area contributed by atoms with Crippen LogP contribution >= 0.6 is 0 Å². The Morgan fingerprint density at radius 1 is 0.964 bits per heavy atom. The first-order valence-corrected chi connectivity index (χ1v) is 9.77. The number of amides is 2. The Balaban J connectivity index is 1.94. The molecule has 0 spiro atoms. The summed E-state index contributed by atoms with van der Waals surface area (Å²) in [7, 11) is 0. The molecule has 0 heterocycles. The van der Waals surface area contributed by atoms with Crippen LogP contribution in [-0.4, -0.2) is 17.9 Å². The van der Waals surface area contributed by atoms with Gasteiger partial charge in [0.2, 0.25) is 5.91 Å². The van der Waals surface area contributed by atoms with Gasteiger partial charge in [-0.1, -0.05) is 45.0 Å². The van der Waals surface area contributed by atoms with Crippen LogP contribution in [0.1, 0.15) is 64.1 Å². The van der Waals surface area contributed by atoms with Gasteiger partial charge in [0.1, 0.15) is 5.75 Å². The van der Waals surface area contributed by atoms with E-state index < -0.39 is 6.10 Å². The van der Waals surface area contributed by atoms with E-state index in [0.717, 1.165) is 11.3 Å². The monoisotopic (exact) mass is 382 g/mol. The van der Waals surface area contributed by atoms with Crippen LogP contribution in [0.25, 0.3) is 0 Å². The van der Waals surface area contributed by atoms with Gasteiger partial charge in [0.05, 0.1) is 6.04 Å². The highest BCUT2D eigenvalue weighted by Crippen LogP contribution is 2.21. The maximum atomic E-state index is 12.5. The Hall–Kier alpha value is -2.82. The zero-order valence-electron chi connectivity index (χ0n) is 17.3. The van der Waals surface area contributed by atoms with Gasteiger partial charge in [-0.15, -0.1) is 0 Å². The van der Waals surface area contributed by atoms with Crippen LogP contribution in [0.3, 0.4) is 0 Å². The SMILES string of the molecule is CCC(=O)Nc1ccc(C(C)NC(=O)C(C)Oc2cccc(C(C)C)c2)cc1. The Labute approximate surface area is 167 Å². The van der Waals surface area contributed by atoms with E-state index in [1.54, 1.807) is 6.92 Å². The summed E-state index contributed by atoms with van der Waals surface area (Å²) >= 11 is 0. The van der Waals surface area contributed by atoms with E-state index in [0.29, 0.717) is 18.1 Å². The van der Waals surface area contributed by atoms with Crippen LogP contribution < -0.4 is 15.4 Å². The van der Waals surface area contributed by atoms with Crippen LogP contribution in [0.4, 0.5) is 5.69 Å². The second kappa shape index (κ2) is 9.93. The van der Waals surface area contributed by atoms with Gasteiger partial charge in [-0.3, -0.25) is 9.59 Å². The van der Waals surface area contributed by atoms with Crippen molar-refractivity contribution in [3.05, 3.63) is 59.7 Å². The average Bonchev–Trinajstić information content (AvgIpc) is 2.68. The van der Waals surface area contributed by atoms with Crippen LogP contribution in [0.2, 0.25) is 0 Å². The molecule has 28 heavy (non-hydrogen) atoms. The third-order valence-corrected chi connectivity index (χ3v) is 4.58. The molecule has 0 aliphatic carbocycles. The van der Waals surface area contributed by atoms with E-state index >= 15 is 0 Å². The van der Waals surface area contributed by atoms with Gasteiger partial charge in [-0.05, 0) is 55.2 Å². The minimum absolute atomic E-state index is 0.0263. The number of carbonyl (C=O) groups is 2. The van der Waals surface area contributed by atoms with Gasteiger partial charge in [0, 0.05) is 12.1 Å². The van der Waals surface area contributed by atoms with Crippen molar-refractivity contribution < 1.29 is 14.3 Å². The van der Waals surface area contributed by atoms with Crippen molar-refractivity contribution in [2.24, 2.45) is 0 Å². The van der Waals surface area contributed by atoms with E-state index in [9.17, 15) is 9.59 Å². The molecule has 5 heteroatoms. The lowest BCUT2D eigenvalue weighted by Gasteiger charge is -2.20. The first-order chi connectivity index (χ1) is 13.3. The van der Waals surface area contributed by atoms with E-state index in [1.807, 2.05) is 56.3 Å². The Morgan fingerprint density at radius 3 is 2.25 bits per heavy atom. The van der Waals surface area contributed by atoms with E-state index in [1.165, 1.54) is 5.56 Å².